The molecule has 2 rings (SSSR count). The molecule has 0 bridgehead atoms. The molecule has 1 aromatic heterocycles. The molecule has 1 amide bonds. The lowest BCUT2D eigenvalue weighted by Gasteiger charge is -2.35. The fourth-order valence-corrected chi connectivity index (χ4v) is 2.39. The summed E-state index contributed by atoms with van der Waals surface area (Å²) >= 11 is 0. The van der Waals surface area contributed by atoms with Crippen molar-refractivity contribution in [2.45, 2.75) is 45.8 Å². The van der Waals surface area contributed by atoms with Gasteiger partial charge in [0.15, 0.2) is 0 Å². The van der Waals surface area contributed by atoms with Crippen molar-refractivity contribution in [2.75, 3.05) is 18.8 Å². The first kappa shape index (κ1) is 13.9. The van der Waals surface area contributed by atoms with E-state index < -0.39 is 5.60 Å². The van der Waals surface area contributed by atoms with E-state index in [4.69, 9.17) is 5.73 Å². The Morgan fingerprint density at radius 2 is 2.05 bits per heavy atom. The smallest absolute Gasteiger partial charge is 0.274 e. The van der Waals surface area contributed by atoms with Gasteiger partial charge in [-0.1, -0.05) is 0 Å². The minimum atomic E-state index is -0.663. The van der Waals surface area contributed by atoms with Crippen LogP contribution in [0, 0.1) is 6.92 Å². The van der Waals surface area contributed by atoms with Crippen LogP contribution in [-0.2, 0) is 6.54 Å². The van der Waals surface area contributed by atoms with E-state index in [0.29, 0.717) is 49.6 Å². The van der Waals surface area contributed by atoms with Crippen LogP contribution in [0.2, 0.25) is 0 Å². The molecule has 1 aliphatic rings. The molecule has 6 heteroatoms. The van der Waals surface area contributed by atoms with Gasteiger partial charge in [0.25, 0.3) is 5.91 Å². The molecular weight excluding hydrogens is 244 g/mol. The van der Waals surface area contributed by atoms with E-state index >= 15 is 0 Å². The number of hydrogen-bond acceptors (Lipinski definition) is 4. The molecule has 3 N–H and O–H groups in total. The number of aromatic nitrogens is 2. The highest BCUT2D eigenvalue weighted by molar-refractivity contribution is 5.98. The van der Waals surface area contributed by atoms with E-state index in [9.17, 15) is 9.90 Å². The van der Waals surface area contributed by atoms with Gasteiger partial charge in [-0.25, -0.2) is 0 Å². The largest absolute Gasteiger partial charge is 0.395 e. The quantitative estimate of drug-likeness (QED) is 0.828. The van der Waals surface area contributed by atoms with Crippen LogP contribution >= 0.6 is 0 Å². The fourth-order valence-electron chi connectivity index (χ4n) is 2.39. The van der Waals surface area contributed by atoms with Gasteiger partial charge >= 0.3 is 0 Å². The Kier molecular flexibility index (Phi) is 3.54. The molecule has 0 radical (unpaired) electrons. The zero-order valence-electron chi connectivity index (χ0n) is 11.8. The van der Waals surface area contributed by atoms with Crippen molar-refractivity contribution in [3.8, 4) is 0 Å². The molecule has 1 fully saturated rings. The summed E-state index contributed by atoms with van der Waals surface area (Å²) in [5, 5.41) is 14.2. The molecule has 1 aliphatic heterocycles. The minimum absolute atomic E-state index is 0.0875. The first-order valence-corrected chi connectivity index (χ1v) is 6.70. The van der Waals surface area contributed by atoms with Crippen molar-refractivity contribution in [3.63, 3.8) is 0 Å². The van der Waals surface area contributed by atoms with Gasteiger partial charge in [0.1, 0.15) is 5.69 Å². The lowest BCUT2D eigenvalue weighted by atomic mass is 9.93. The lowest BCUT2D eigenvalue weighted by Crippen LogP contribution is -2.45. The summed E-state index contributed by atoms with van der Waals surface area (Å²) in [7, 11) is 0. The first-order valence-electron chi connectivity index (χ1n) is 6.70. The van der Waals surface area contributed by atoms with Crippen LogP contribution in [0.25, 0.3) is 0 Å². The SMILES string of the molecule is CCn1nc(C)c(N)c1C(=O)N1CCC(C)(O)CC1. The molecule has 19 heavy (non-hydrogen) atoms. The van der Waals surface area contributed by atoms with Gasteiger partial charge in [-0.05, 0) is 33.6 Å². The fraction of sp³-hybridized carbons (Fsp3) is 0.692. The number of anilines is 1. The van der Waals surface area contributed by atoms with E-state index in [-0.39, 0.29) is 5.91 Å². The molecule has 106 valence electrons. The van der Waals surface area contributed by atoms with Crippen molar-refractivity contribution in [1.82, 2.24) is 14.7 Å². The number of nitrogens with zero attached hydrogens (tertiary/aromatic N) is 3. The highest BCUT2D eigenvalue weighted by Gasteiger charge is 2.32. The van der Waals surface area contributed by atoms with Crippen LogP contribution in [0.1, 0.15) is 42.9 Å². The molecule has 0 aromatic carbocycles. The van der Waals surface area contributed by atoms with E-state index in [1.807, 2.05) is 13.8 Å². The number of nitrogen functional groups attached to an aromatic ring is 1. The van der Waals surface area contributed by atoms with Gasteiger partial charge in [-0.2, -0.15) is 5.10 Å². The summed E-state index contributed by atoms with van der Waals surface area (Å²) in [6.07, 6.45) is 1.19. The molecule has 0 spiro atoms. The number of amides is 1. The average Bonchev–Trinajstić information content (AvgIpc) is 2.64. The zero-order valence-corrected chi connectivity index (χ0v) is 11.8. The van der Waals surface area contributed by atoms with Crippen LogP contribution in [0.4, 0.5) is 5.69 Å². The van der Waals surface area contributed by atoms with E-state index in [1.165, 1.54) is 0 Å². The first-order chi connectivity index (χ1) is 8.85. The second-order valence-electron chi connectivity index (χ2n) is 5.45. The van der Waals surface area contributed by atoms with Gasteiger partial charge in [-0.15, -0.1) is 0 Å². The molecule has 0 saturated carbocycles. The summed E-state index contributed by atoms with van der Waals surface area (Å²) < 4.78 is 1.65. The Hall–Kier alpha value is -1.56. The Morgan fingerprint density at radius 1 is 1.47 bits per heavy atom. The van der Waals surface area contributed by atoms with Crippen molar-refractivity contribution in [3.05, 3.63) is 11.4 Å². The molecule has 1 saturated heterocycles. The second-order valence-corrected chi connectivity index (χ2v) is 5.45. The van der Waals surface area contributed by atoms with Crippen molar-refractivity contribution < 1.29 is 9.90 Å². The second kappa shape index (κ2) is 4.85. The Labute approximate surface area is 113 Å². The molecule has 6 nitrogen and oxygen atoms in total. The Morgan fingerprint density at radius 3 is 2.58 bits per heavy atom. The van der Waals surface area contributed by atoms with Crippen LogP contribution in [0.5, 0.6) is 0 Å². The number of likely N-dealkylation sites (tertiary alicyclic amines) is 1. The zero-order chi connectivity index (χ0) is 14.2. The average molecular weight is 266 g/mol. The molecule has 0 aliphatic carbocycles. The summed E-state index contributed by atoms with van der Waals surface area (Å²) in [5.41, 5.74) is 6.92. The summed E-state index contributed by atoms with van der Waals surface area (Å²) in [4.78, 5) is 14.3. The van der Waals surface area contributed by atoms with Crippen LogP contribution < -0.4 is 5.73 Å². The predicted octanol–water partition coefficient (Wildman–Crippen LogP) is 0.781. The Bertz CT molecular complexity index is 483. The van der Waals surface area contributed by atoms with Gasteiger partial charge in [-0.3, -0.25) is 9.48 Å². The molecule has 2 heterocycles. The van der Waals surface area contributed by atoms with Gasteiger partial charge < -0.3 is 15.7 Å². The summed E-state index contributed by atoms with van der Waals surface area (Å²) in [5.74, 6) is -0.0875. The van der Waals surface area contributed by atoms with E-state index in [1.54, 1.807) is 16.5 Å². The number of aryl methyl sites for hydroxylation is 2. The van der Waals surface area contributed by atoms with Crippen molar-refractivity contribution >= 4 is 11.6 Å². The van der Waals surface area contributed by atoms with E-state index in [2.05, 4.69) is 5.10 Å². The maximum atomic E-state index is 12.5. The number of carbonyl (C=O) groups excluding carboxylic acids is 1. The number of carbonyl (C=O) groups is 1. The van der Waals surface area contributed by atoms with Crippen molar-refractivity contribution in [1.29, 1.82) is 0 Å². The van der Waals surface area contributed by atoms with Gasteiger partial charge in [0.05, 0.1) is 17.0 Å². The number of nitrogens with two attached hydrogens (primary N) is 1. The monoisotopic (exact) mass is 266 g/mol. The Balaban J connectivity index is 2.21. The topological polar surface area (TPSA) is 84.4 Å². The third-order valence-corrected chi connectivity index (χ3v) is 3.80. The summed E-state index contributed by atoms with van der Waals surface area (Å²) in [6.45, 7) is 7.27. The van der Waals surface area contributed by atoms with Crippen LogP contribution in [0.3, 0.4) is 0 Å². The highest BCUT2D eigenvalue weighted by Crippen LogP contribution is 2.24. The number of aliphatic hydroxyl groups is 1. The number of hydrogen-bond donors (Lipinski definition) is 2. The third kappa shape index (κ3) is 2.58. The summed E-state index contributed by atoms with van der Waals surface area (Å²) in [6, 6.07) is 0. The highest BCUT2D eigenvalue weighted by atomic mass is 16.3. The molecule has 1 aromatic rings. The molecular formula is C13H22N4O2. The van der Waals surface area contributed by atoms with Gasteiger partial charge in [0, 0.05) is 19.6 Å². The molecule has 0 atom stereocenters. The minimum Gasteiger partial charge on any atom is -0.395 e. The maximum absolute atomic E-state index is 12.5. The predicted molar refractivity (Wildman–Crippen MR) is 72.8 cm³/mol. The third-order valence-electron chi connectivity index (χ3n) is 3.80. The maximum Gasteiger partial charge on any atom is 0.274 e. The number of piperidine rings is 1. The van der Waals surface area contributed by atoms with Gasteiger partial charge in [0.2, 0.25) is 0 Å². The lowest BCUT2D eigenvalue weighted by molar-refractivity contribution is -0.00231. The van der Waals surface area contributed by atoms with E-state index in [0.717, 1.165) is 0 Å². The van der Waals surface area contributed by atoms with Crippen LogP contribution in [0.15, 0.2) is 0 Å². The van der Waals surface area contributed by atoms with Crippen molar-refractivity contribution in [2.24, 2.45) is 0 Å². The number of rotatable bonds is 2. The van der Waals surface area contributed by atoms with Crippen LogP contribution in [-0.4, -0.2) is 44.4 Å². The normalized spacial score (nSPS) is 18.6. The standard InChI is InChI=1S/C13H22N4O2/c1-4-17-11(10(14)9(2)15-17)12(18)16-7-5-13(3,19)6-8-16/h19H,4-8,14H2,1-3H3. The molecule has 0 unspecified atom stereocenters.